The van der Waals surface area contributed by atoms with Gasteiger partial charge in [-0.2, -0.15) is 0 Å². The van der Waals surface area contributed by atoms with Gasteiger partial charge in [-0.3, -0.25) is 4.79 Å². The van der Waals surface area contributed by atoms with Crippen molar-refractivity contribution >= 4 is 23.2 Å². The van der Waals surface area contributed by atoms with Gasteiger partial charge in [-0.15, -0.1) is 0 Å². The number of carbonyl (C=O) groups excluding carboxylic acids is 1. The molecule has 86 valence electrons. The SMILES string of the molecule is CC(C)CNC(=O)CNC(=S)NC1CC1. The lowest BCUT2D eigenvalue weighted by Gasteiger charge is -2.10. The summed E-state index contributed by atoms with van der Waals surface area (Å²) >= 11 is 5.02. The zero-order valence-electron chi connectivity index (χ0n) is 9.30. The van der Waals surface area contributed by atoms with E-state index in [1.807, 2.05) is 0 Å². The molecule has 1 saturated carbocycles. The third kappa shape index (κ3) is 6.28. The lowest BCUT2D eigenvalue weighted by molar-refractivity contribution is -0.120. The van der Waals surface area contributed by atoms with Crippen molar-refractivity contribution in [3.05, 3.63) is 0 Å². The molecule has 0 unspecified atom stereocenters. The lowest BCUT2D eigenvalue weighted by Crippen LogP contribution is -2.43. The van der Waals surface area contributed by atoms with Crippen LogP contribution in [0, 0.1) is 5.92 Å². The third-order valence-electron chi connectivity index (χ3n) is 2.03. The number of nitrogens with one attached hydrogen (secondary N) is 3. The minimum absolute atomic E-state index is 0.0105. The first kappa shape index (κ1) is 12.2. The van der Waals surface area contributed by atoms with Crippen molar-refractivity contribution in [1.29, 1.82) is 0 Å². The molecule has 0 aromatic heterocycles. The molecular formula is C10H19N3OS. The molecule has 0 heterocycles. The molecule has 0 aliphatic heterocycles. The van der Waals surface area contributed by atoms with E-state index < -0.39 is 0 Å². The van der Waals surface area contributed by atoms with Crippen LogP contribution >= 0.6 is 12.2 Å². The molecular weight excluding hydrogens is 210 g/mol. The van der Waals surface area contributed by atoms with Gasteiger partial charge < -0.3 is 16.0 Å². The molecule has 0 radical (unpaired) electrons. The molecule has 1 fully saturated rings. The molecule has 5 heteroatoms. The Balaban J connectivity index is 2.02. The maximum Gasteiger partial charge on any atom is 0.239 e. The van der Waals surface area contributed by atoms with E-state index >= 15 is 0 Å². The zero-order valence-corrected chi connectivity index (χ0v) is 10.1. The van der Waals surface area contributed by atoms with Gasteiger partial charge in [-0.25, -0.2) is 0 Å². The summed E-state index contributed by atoms with van der Waals surface area (Å²) in [6.45, 7) is 5.09. The maximum absolute atomic E-state index is 11.3. The molecule has 0 atom stereocenters. The Hall–Kier alpha value is -0.840. The van der Waals surface area contributed by atoms with Gasteiger partial charge in [-0.05, 0) is 31.0 Å². The van der Waals surface area contributed by atoms with E-state index in [2.05, 4.69) is 29.8 Å². The van der Waals surface area contributed by atoms with E-state index in [0.717, 1.165) is 0 Å². The summed E-state index contributed by atoms with van der Waals surface area (Å²) in [4.78, 5) is 11.3. The first-order chi connectivity index (χ1) is 7.08. The molecule has 15 heavy (non-hydrogen) atoms. The summed E-state index contributed by atoms with van der Waals surface area (Å²) in [5.74, 6) is 0.467. The van der Waals surface area contributed by atoms with E-state index in [1.54, 1.807) is 0 Å². The van der Waals surface area contributed by atoms with Crippen molar-refractivity contribution in [3.8, 4) is 0 Å². The summed E-state index contributed by atoms with van der Waals surface area (Å²) in [5.41, 5.74) is 0. The first-order valence-electron chi connectivity index (χ1n) is 5.39. The molecule has 3 N–H and O–H groups in total. The van der Waals surface area contributed by atoms with Gasteiger partial charge in [0, 0.05) is 12.6 Å². The summed E-state index contributed by atoms with van der Waals surface area (Å²) in [6, 6.07) is 0.531. The van der Waals surface area contributed by atoms with E-state index in [4.69, 9.17) is 12.2 Å². The standard InChI is InChI=1S/C10H19N3OS/c1-7(2)5-11-9(14)6-12-10(15)13-8-3-4-8/h7-8H,3-6H2,1-2H3,(H,11,14)(H2,12,13,15). The normalized spacial score (nSPS) is 14.9. The van der Waals surface area contributed by atoms with Gasteiger partial charge >= 0.3 is 0 Å². The van der Waals surface area contributed by atoms with E-state index in [0.29, 0.717) is 23.6 Å². The zero-order chi connectivity index (χ0) is 11.3. The summed E-state index contributed by atoms with van der Waals surface area (Å²) in [5, 5.41) is 9.40. The predicted octanol–water partition coefficient (Wildman–Crippen LogP) is 0.385. The highest BCUT2D eigenvalue weighted by atomic mass is 32.1. The van der Waals surface area contributed by atoms with Crippen LogP contribution in [0.25, 0.3) is 0 Å². The van der Waals surface area contributed by atoms with Crippen LogP contribution in [-0.4, -0.2) is 30.2 Å². The van der Waals surface area contributed by atoms with Crippen LogP contribution in [0.5, 0.6) is 0 Å². The van der Waals surface area contributed by atoms with Crippen molar-refractivity contribution in [2.24, 2.45) is 5.92 Å². The van der Waals surface area contributed by atoms with E-state index in [9.17, 15) is 4.79 Å². The average molecular weight is 229 g/mol. The molecule has 0 aromatic rings. The monoisotopic (exact) mass is 229 g/mol. The highest BCUT2D eigenvalue weighted by molar-refractivity contribution is 7.80. The lowest BCUT2D eigenvalue weighted by atomic mass is 10.2. The Kier molecular flexibility index (Phi) is 4.81. The minimum Gasteiger partial charge on any atom is -0.360 e. The van der Waals surface area contributed by atoms with Gasteiger partial charge in [-0.1, -0.05) is 13.8 Å². The van der Waals surface area contributed by atoms with Crippen molar-refractivity contribution in [2.45, 2.75) is 32.7 Å². The first-order valence-corrected chi connectivity index (χ1v) is 5.80. The number of thiocarbonyl (C=S) groups is 1. The van der Waals surface area contributed by atoms with Gasteiger partial charge in [0.25, 0.3) is 0 Å². The second kappa shape index (κ2) is 5.90. The predicted molar refractivity (Wildman–Crippen MR) is 64.6 cm³/mol. The maximum atomic E-state index is 11.3. The van der Waals surface area contributed by atoms with Crippen LogP contribution in [0.4, 0.5) is 0 Å². The Labute approximate surface area is 96.2 Å². The van der Waals surface area contributed by atoms with Gasteiger partial charge in [0.2, 0.25) is 5.91 Å². The topological polar surface area (TPSA) is 53.2 Å². The third-order valence-corrected chi connectivity index (χ3v) is 2.29. The quantitative estimate of drug-likeness (QED) is 0.597. The largest absolute Gasteiger partial charge is 0.360 e. The number of rotatable bonds is 5. The summed E-state index contributed by atoms with van der Waals surface area (Å²) in [6.07, 6.45) is 2.36. The molecule has 1 aliphatic carbocycles. The second-order valence-corrected chi connectivity index (χ2v) is 4.71. The number of hydrogen-bond donors (Lipinski definition) is 3. The van der Waals surface area contributed by atoms with Gasteiger partial charge in [0.1, 0.15) is 0 Å². The van der Waals surface area contributed by atoms with E-state index in [1.165, 1.54) is 12.8 Å². The molecule has 0 saturated heterocycles. The Morgan fingerprint density at radius 1 is 1.40 bits per heavy atom. The minimum atomic E-state index is -0.0105. The Bertz CT molecular complexity index is 239. The van der Waals surface area contributed by atoms with Crippen LogP contribution in [0.15, 0.2) is 0 Å². The fourth-order valence-corrected chi connectivity index (χ4v) is 1.24. The molecule has 1 rings (SSSR count). The number of amides is 1. The Morgan fingerprint density at radius 2 is 2.07 bits per heavy atom. The number of carbonyl (C=O) groups is 1. The highest BCUT2D eigenvalue weighted by Gasteiger charge is 2.21. The van der Waals surface area contributed by atoms with Crippen molar-refractivity contribution in [2.75, 3.05) is 13.1 Å². The molecule has 1 amide bonds. The van der Waals surface area contributed by atoms with Crippen LogP contribution in [-0.2, 0) is 4.79 Å². The fourth-order valence-electron chi connectivity index (χ4n) is 1.01. The van der Waals surface area contributed by atoms with Gasteiger partial charge in [0.15, 0.2) is 5.11 Å². The summed E-state index contributed by atoms with van der Waals surface area (Å²) in [7, 11) is 0. The Morgan fingerprint density at radius 3 is 2.60 bits per heavy atom. The molecule has 0 bridgehead atoms. The van der Waals surface area contributed by atoms with Crippen LogP contribution < -0.4 is 16.0 Å². The molecule has 0 aromatic carbocycles. The molecule has 0 spiro atoms. The van der Waals surface area contributed by atoms with E-state index in [-0.39, 0.29) is 12.5 Å². The van der Waals surface area contributed by atoms with Crippen molar-refractivity contribution in [3.63, 3.8) is 0 Å². The highest BCUT2D eigenvalue weighted by Crippen LogP contribution is 2.18. The smallest absolute Gasteiger partial charge is 0.239 e. The second-order valence-electron chi connectivity index (χ2n) is 4.30. The average Bonchev–Trinajstić information content (AvgIpc) is 2.95. The van der Waals surface area contributed by atoms with Crippen LogP contribution in [0.3, 0.4) is 0 Å². The van der Waals surface area contributed by atoms with Crippen LogP contribution in [0.2, 0.25) is 0 Å². The van der Waals surface area contributed by atoms with Crippen LogP contribution in [0.1, 0.15) is 26.7 Å². The number of hydrogen-bond acceptors (Lipinski definition) is 2. The van der Waals surface area contributed by atoms with Crippen molar-refractivity contribution < 1.29 is 4.79 Å². The molecule has 1 aliphatic rings. The fraction of sp³-hybridized carbons (Fsp3) is 0.800. The summed E-state index contributed by atoms with van der Waals surface area (Å²) < 4.78 is 0. The van der Waals surface area contributed by atoms with Crippen molar-refractivity contribution in [1.82, 2.24) is 16.0 Å². The van der Waals surface area contributed by atoms with Gasteiger partial charge in [0.05, 0.1) is 6.54 Å². The molecule has 4 nitrogen and oxygen atoms in total.